The number of thioether (sulfide) groups is 1. The zero-order valence-corrected chi connectivity index (χ0v) is 17.6. The number of halogens is 1. The minimum atomic E-state index is -0.0683. The molecule has 3 rings (SSSR count). The second-order valence-electron chi connectivity index (χ2n) is 6.13. The molecule has 0 unspecified atom stereocenters. The van der Waals surface area contributed by atoms with Crippen molar-refractivity contribution in [3.05, 3.63) is 68.9 Å². The standard InChI is InChI=1S/C20H20BrN3O2S/c1-3-24-19(26)16-6-4-5-7-17(16)22-20(24)27-13-18(25)23(2)12-14-8-10-15(21)11-9-14/h4-11H,3,12-13H2,1-2H3. The quantitative estimate of drug-likeness (QED) is 0.426. The summed E-state index contributed by atoms with van der Waals surface area (Å²) >= 11 is 4.71. The Hall–Kier alpha value is -2.12. The monoisotopic (exact) mass is 445 g/mol. The Kier molecular flexibility index (Phi) is 6.34. The summed E-state index contributed by atoms with van der Waals surface area (Å²) in [6.45, 7) is 2.96. The second kappa shape index (κ2) is 8.71. The van der Waals surface area contributed by atoms with Crippen LogP contribution in [0.1, 0.15) is 12.5 Å². The molecule has 0 N–H and O–H groups in total. The molecule has 0 spiro atoms. The molecule has 3 aromatic rings. The zero-order chi connectivity index (χ0) is 19.4. The molecule has 1 heterocycles. The number of para-hydroxylation sites is 1. The first kappa shape index (κ1) is 19.6. The number of carbonyl (C=O) groups excluding carboxylic acids is 1. The van der Waals surface area contributed by atoms with E-state index in [4.69, 9.17) is 0 Å². The molecule has 27 heavy (non-hydrogen) atoms. The summed E-state index contributed by atoms with van der Waals surface area (Å²) in [5.74, 6) is 0.227. The van der Waals surface area contributed by atoms with Gasteiger partial charge >= 0.3 is 0 Å². The molecule has 7 heteroatoms. The number of fused-ring (bicyclic) bond motifs is 1. The Morgan fingerprint density at radius 3 is 2.59 bits per heavy atom. The predicted octanol–water partition coefficient (Wildman–Crippen LogP) is 3.93. The first-order valence-electron chi connectivity index (χ1n) is 8.60. The van der Waals surface area contributed by atoms with Gasteiger partial charge in [-0.2, -0.15) is 0 Å². The molecular formula is C20H20BrN3O2S. The van der Waals surface area contributed by atoms with Gasteiger partial charge in [-0.25, -0.2) is 4.98 Å². The zero-order valence-electron chi connectivity index (χ0n) is 15.2. The Morgan fingerprint density at radius 1 is 1.19 bits per heavy atom. The maximum Gasteiger partial charge on any atom is 0.262 e. The summed E-state index contributed by atoms with van der Waals surface area (Å²) in [5, 5.41) is 1.17. The third-order valence-electron chi connectivity index (χ3n) is 4.23. The molecule has 0 radical (unpaired) electrons. The van der Waals surface area contributed by atoms with Crippen molar-refractivity contribution in [2.75, 3.05) is 12.8 Å². The minimum absolute atomic E-state index is 0.00650. The lowest BCUT2D eigenvalue weighted by atomic mass is 10.2. The Morgan fingerprint density at radius 2 is 1.89 bits per heavy atom. The van der Waals surface area contributed by atoms with Crippen molar-refractivity contribution < 1.29 is 4.79 Å². The van der Waals surface area contributed by atoms with Gasteiger partial charge in [0.05, 0.1) is 16.7 Å². The second-order valence-corrected chi connectivity index (χ2v) is 7.98. The van der Waals surface area contributed by atoms with Gasteiger partial charge in [0.1, 0.15) is 0 Å². The Balaban J connectivity index is 1.72. The summed E-state index contributed by atoms with van der Waals surface area (Å²) in [5.41, 5.74) is 1.65. The van der Waals surface area contributed by atoms with Gasteiger partial charge in [0, 0.05) is 24.6 Å². The van der Waals surface area contributed by atoms with Crippen LogP contribution in [0.15, 0.2) is 63.0 Å². The molecular weight excluding hydrogens is 426 g/mol. The summed E-state index contributed by atoms with van der Waals surface area (Å²) in [4.78, 5) is 31.4. The van der Waals surface area contributed by atoms with Crippen LogP contribution < -0.4 is 5.56 Å². The van der Waals surface area contributed by atoms with Gasteiger partial charge in [0.15, 0.2) is 5.16 Å². The van der Waals surface area contributed by atoms with Gasteiger partial charge in [-0.1, -0.05) is 52.0 Å². The van der Waals surface area contributed by atoms with E-state index < -0.39 is 0 Å². The van der Waals surface area contributed by atoms with E-state index in [2.05, 4.69) is 20.9 Å². The molecule has 0 saturated carbocycles. The van der Waals surface area contributed by atoms with Crippen LogP contribution in [0.3, 0.4) is 0 Å². The van der Waals surface area contributed by atoms with E-state index in [0.29, 0.717) is 29.1 Å². The van der Waals surface area contributed by atoms with Gasteiger partial charge in [-0.05, 0) is 36.8 Å². The number of amides is 1. The van der Waals surface area contributed by atoms with Crippen molar-refractivity contribution in [1.82, 2.24) is 14.5 Å². The van der Waals surface area contributed by atoms with Gasteiger partial charge in [-0.3, -0.25) is 14.2 Å². The average molecular weight is 446 g/mol. The van der Waals surface area contributed by atoms with Crippen molar-refractivity contribution in [2.45, 2.75) is 25.2 Å². The number of hydrogen-bond donors (Lipinski definition) is 0. The Bertz CT molecular complexity index is 1020. The third-order valence-corrected chi connectivity index (χ3v) is 5.72. The fourth-order valence-electron chi connectivity index (χ4n) is 2.73. The molecule has 0 atom stereocenters. The molecule has 0 fully saturated rings. The van der Waals surface area contributed by atoms with E-state index in [1.54, 1.807) is 22.6 Å². The average Bonchev–Trinajstić information content (AvgIpc) is 2.68. The number of rotatable bonds is 6. The van der Waals surface area contributed by atoms with Crippen molar-refractivity contribution in [1.29, 1.82) is 0 Å². The van der Waals surface area contributed by atoms with Crippen LogP contribution in [0.5, 0.6) is 0 Å². The fraction of sp³-hybridized carbons (Fsp3) is 0.250. The summed E-state index contributed by atoms with van der Waals surface area (Å²) in [7, 11) is 1.78. The topological polar surface area (TPSA) is 55.2 Å². The smallest absolute Gasteiger partial charge is 0.262 e. The number of carbonyl (C=O) groups is 1. The molecule has 0 aliphatic heterocycles. The van der Waals surface area contributed by atoms with Crippen LogP contribution >= 0.6 is 27.7 Å². The minimum Gasteiger partial charge on any atom is -0.341 e. The number of benzene rings is 2. The van der Waals surface area contributed by atoms with Crippen LogP contribution in [0.2, 0.25) is 0 Å². The lowest BCUT2D eigenvalue weighted by molar-refractivity contribution is -0.127. The van der Waals surface area contributed by atoms with Crippen molar-refractivity contribution >= 4 is 44.5 Å². The molecule has 0 saturated heterocycles. The van der Waals surface area contributed by atoms with Crippen molar-refractivity contribution in [3.63, 3.8) is 0 Å². The molecule has 2 aromatic carbocycles. The molecule has 0 aliphatic carbocycles. The summed E-state index contributed by atoms with van der Waals surface area (Å²) < 4.78 is 2.63. The third kappa shape index (κ3) is 4.59. The number of nitrogens with zero attached hydrogens (tertiary/aromatic N) is 3. The van der Waals surface area contributed by atoms with E-state index in [-0.39, 0.29) is 17.2 Å². The van der Waals surface area contributed by atoms with Crippen molar-refractivity contribution in [2.24, 2.45) is 0 Å². The summed E-state index contributed by atoms with van der Waals surface area (Å²) in [6.07, 6.45) is 0. The molecule has 1 amide bonds. The maximum atomic E-state index is 12.6. The van der Waals surface area contributed by atoms with E-state index in [0.717, 1.165) is 10.0 Å². The van der Waals surface area contributed by atoms with E-state index in [1.807, 2.05) is 49.4 Å². The van der Waals surface area contributed by atoms with E-state index in [1.165, 1.54) is 11.8 Å². The van der Waals surface area contributed by atoms with Crippen LogP contribution in [0.25, 0.3) is 10.9 Å². The molecule has 5 nitrogen and oxygen atoms in total. The van der Waals surface area contributed by atoms with Gasteiger partial charge in [-0.15, -0.1) is 0 Å². The van der Waals surface area contributed by atoms with E-state index >= 15 is 0 Å². The first-order chi connectivity index (χ1) is 13.0. The largest absolute Gasteiger partial charge is 0.341 e. The normalized spacial score (nSPS) is 10.9. The van der Waals surface area contributed by atoms with E-state index in [9.17, 15) is 9.59 Å². The maximum absolute atomic E-state index is 12.6. The van der Waals surface area contributed by atoms with Gasteiger partial charge in [0.25, 0.3) is 5.56 Å². The Labute approximate surface area is 170 Å². The lowest BCUT2D eigenvalue weighted by Gasteiger charge is -2.18. The number of hydrogen-bond acceptors (Lipinski definition) is 4. The molecule has 0 aliphatic rings. The SMILES string of the molecule is CCn1c(SCC(=O)N(C)Cc2ccc(Br)cc2)nc2ccccc2c1=O. The molecule has 0 bridgehead atoms. The highest BCUT2D eigenvalue weighted by Gasteiger charge is 2.14. The van der Waals surface area contributed by atoms with Crippen LogP contribution in [-0.2, 0) is 17.9 Å². The fourth-order valence-corrected chi connectivity index (χ4v) is 3.99. The molecule has 140 valence electrons. The summed E-state index contributed by atoms with van der Waals surface area (Å²) in [6, 6.07) is 15.2. The van der Waals surface area contributed by atoms with Gasteiger partial charge < -0.3 is 4.90 Å². The van der Waals surface area contributed by atoms with Crippen LogP contribution in [-0.4, -0.2) is 33.2 Å². The lowest BCUT2D eigenvalue weighted by Crippen LogP contribution is -2.28. The first-order valence-corrected chi connectivity index (χ1v) is 10.4. The van der Waals surface area contributed by atoms with Crippen LogP contribution in [0, 0.1) is 0 Å². The highest BCUT2D eigenvalue weighted by Crippen LogP contribution is 2.19. The van der Waals surface area contributed by atoms with Crippen LogP contribution in [0.4, 0.5) is 0 Å². The van der Waals surface area contributed by atoms with Gasteiger partial charge in [0.2, 0.25) is 5.91 Å². The highest BCUT2D eigenvalue weighted by molar-refractivity contribution is 9.10. The predicted molar refractivity (Wildman–Crippen MR) is 113 cm³/mol. The highest BCUT2D eigenvalue weighted by atomic mass is 79.9. The number of aromatic nitrogens is 2. The van der Waals surface area contributed by atoms with Crippen molar-refractivity contribution in [3.8, 4) is 0 Å². The molecule has 1 aromatic heterocycles.